The minimum Gasteiger partial charge on any atom is -0.459 e. The van der Waals surface area contributed by atoms with Crippen LogP contribution in [0.25, 0.3) is 0 Å². The van der Waals surface area contributed by atoms with Gasteiger partial charge in [0.1, 0.15) is 12.4 Å². The zero-order chi connectivity index (χ0) is 21.8. The molecule has 0 unspecified atom stereocenters. The second-order valence-corrected chi connectivity index (χ2v) is 9.39. The van der Waals surface area contributed by atoms with Crippen molar-refractivity contribution in [2.75, 3.05) is 11.9 Å². The number of carbonyl (C=O) groups excluding carboxylic acids is 1. The van der Waals surface area contributed by atoms with E-state index < -0.39 is 16.0 Å². The van der Waals surface area contributed by atoms with Crippen molar-refractivity contribution in [1.82, 2.24) is 9.71 Å². The number of nitrogens with zero attached hydrogens (tertiary/aromatic N) is 2. The van der Waals surface area contributed by atoms with Gasteiger partial charge in [-0.15, -0.1) is 11.3 Å². The fourth-order valence-corrected chi connectivity index (χ4v) is 4.89. The second-order valence-electron chi connectivity index (χ2n) is 6.88. The van der Waals surface area contributed by atoms with Gasteiger partial charge in [0.2, 0.25) is 0 Å². The summed E-state index contributed by atoms with van der Waals surface area (Å²) in [7, 11) is -3.58. The number of aliphatic imine (C=N–C) groups is 1. The van der Waals surface area contributed by atoms with Crippen molar-refractivity contribution in [2.45, 2.75) is 24.8 Å². The van der Waals surface area contributed by atoms with Crippen molar-refractivity contribution in [3.63, 3.8) is 0 Å². The molecule has 10 heteroatoms. The summed E-state index contributed by atoms with van der Waals surface area (Å²) in [6, 6.07) is 14.5. The molecule has 8 nitrogen and oxygen atoms in total. The number of thiazole rings is 1. The molecule has 3 aromatic rings. The first kappa shape index (κ1) is 21.0. The number of benzene rings is 2. The molecule has 0 saturated carbocycles. The Morgan fingerprint density at radius 3 is 2.77 bits per heavy atom. The van der Waals surface area contributed by atoms with Crippen LogP contribution in [0.15, 0.2) is 63.8 Å². The quantitative estimate of drug-likeness (QED) is 0.528. The molecule has 2 N–H and O–H groups in total. The number of rotatable bonds is 7. The van der Waals surface area contributed by atoms with Crippen molar-refractivity contribution in [3.8, 4) is 0 Å². The number of hydrogen-bond donors (Lipinski definition) is 2. The lowest BCUT2D eigenvalue weighted by atomic mass is 10.2. The van der Waals surface area contributed by atoms with Crippen LogP contribution in [0, 0.1) is 6.92 Å². The van der Waals surface area contributed by atoms with Crippen LogP contribution in [0.2, 0.25) is 0 Å². The Bertz CT molecular complexity index is 1230. The maximum Gasteiger partial charge on any atom is 0.308 e. The highest BCUT2D eigenvalue weighted by Gasteiger charge is 2.29. The number of hydrogen-bond acceptors (Lipinski definition) is 8. The highest BCUT2D eigenvalue weighted by atomic mass is 32.2. The van der Waals surface area contributed by atoms with Crippen LogP contribution in [-0.4, -0.2) is 31.8 Å². The molecule has 0 fully saturated rings. The normalized spacial score (nSPS) is 15.3. The number of sulfonamides is 1. The number of amidine groups is 1. The Morgan fingerprint density at radius 2 is 1.97 bits per heavy atom. The van der Waals surface area contributed by atoms with Gasteiger partial charge < -0.3 is 10.1 Å². The smallest absolute Gasteiger partial charge is 0.308 e. The van der Waals surface area contributed by atoms with Crippen LogP contribution >= 0.6 is 11.3 Å². The summed E-state index contributed by atoms with van der Waals surface area (Å²) >= 11 is 1.43. The molecule has 0 spiro atoms. The average Bonchev–Trinajstić information content (AvgIpc) is 3.30. The Kier molecular flexibility index (Phi) is 6.01. The van der Waals surface area contributed by atoms with Crippen molar-refractivity contribution < 1.29 is 17.9 Å². The van der Waals surface area contributed by atoms with Crippen molar-refractivity contribution in [3.05, 3.63) is 70.7 Å². The van der Waals surface area contributed by atoms with E-state index in [0.717, 1.165) is 5.69 Å². The van der Waals surface area contributed by atoms with E-state index in [4.69, 9.17) is 4.74 Å². The minimum absolute atomic E-state index is 0.0337. The van der Waals surface area contributed by atoms with E-state index in [2.05, 4.69) is 20.0 Å². The molecule has 4 rings (SSSR count). The van der Waals surface area contributed by atoms with Gasteiger partial charge in [0, 0.05) is 16.6 Å². The average molecular weight is 457 g/mol. The van der Waals surface area contributed by atoms with E-state index in [-0.39, 0.29) is 30.3 Å². The number of anilines is 2. The predicted molar refractivity (Wildman–Crippen MR) is 119 cm³/mol. The molecular weight excluding hydrogens is 436 g/mol. The summed E-state index contributed by atoms with van der Waals surface area (Å²) in [5, 5.41) is 5.76. The van der Waals surface area contributed by atoms with Gasteiger partial charge in [-0.3, -0.25) is 14.5 Å². The second kappa shape index (κ2) is 8.86. The molecule has 0 bridgehead atoms. The van der Waals surface area contributed by atoms with E-state index in [1.165, 1.54) is 23.0 Å². The van der Waals surface area contributed by atoms with Crippen molar-refractivity contribution in [2.24, 2.45) is 4.99 Å². The molecule has 0 aliphatic carbocycles. The number of nitrogens with one attached hydrogen (secondary N) is 2. The van der Waals surface area contributed by atoms with Crippen molar-refractivity contribution in [1.29, 1.82) is 0 Å². The van der Waals surface area contributed by atoms with Crippen LogP contribution < -0.4 is 10.0 Å². The first-order valence-corrected chi connectivity index (χ1v) is 11.9. The molecule has 160 valence electrons. The van der Waals surface area contributed by atoms with Gasteiger partial charge in [-0.2, -0.15) is 0 Å². The van der Waals surface area contributed by atoms with Crippen LogP contribution in [0.1, 0.15) is 23.2 Å². The highest BCUT2D eigenvalue weighted by Crippen LogP contribution is 2.23. The molecule has 0 radical (unpaired) electrons. The van der Waals surface area contributed by atoms with E-state index >= 15 is 0 Å². The van der Waals surface area contributed by atoms with E-state index in [1.807, 2.05) is 36.6 Å². The zero-order valence-electron chi connectivity index (χ0n) is 16.7. The van der Waals surface area contributed by atoms with Crippen LogP contribution in [0.5, 0.6) is 0 Å². The van der Waals surface area contributed by atoms with Crippen LogP contribution in [0.4, 0.5) is 10.8 Å². The standard InChI is InChI=1S/C21H20N4O4S2/c1-14-6-8-15(9-7-14)23-21-24-16(13-30-21)12-29-19(26)10-11-22-20-17-4-2-3-5-18(17)31(27,28)25-20/h2-9,13H,10-12H2,1H3,(H,22,25)(H,23,24). The number of esters is 1. The van der Waals surface area contributed by atoms with Gasteiger partial charge in [0.15, 0.2) is 5.13 Å². The molecule has 2 heterocycles. The maximum atomic E-state index is 12.1. The molecule has 0 amide bonds. The Balaban J connectivity index is 1.26. The lowest BCUT2D eigenvalue weighted by molar-refractivity contribution is -0.144. The topological polar surface area (TPSA) is 110 Å². The molecule has 2 aromatic carbocycles. The molecule has 1 aromatic heterocycles. The van der Waals surface area contributed by atoms with E-state index in [0.29, 0.717) is 16.4 Å². The fourth-order valence-electron chi connectivity index (χ4n) is 2.93. The summed E-state index contributed by atoms with van der Waals surface area (Å²) in [6.07, 6.45) is 0.0337. The summed E-state index contributed by atoms with van der Waals surface area (Å²) in [5.41, 5.74) is 3.27. The summed E-state index contributed by atoms with van der Waals surface area (Å²) in [4.78, 5) is 20.8. The van der Waals surface area contributed by atoms with Gasteiger partial charge in [0.25, 0.3) is 10.0 Å². The van der Waals surface area contributed by atoms with Gasteiger partial charge in [-0.05, 0) is 31.2 Å². The number of carbonyl (C=O) groups is 1. The Morgan fingerprint density at radius 1 is 1.19 bits per heavy atom. The fraction of sp³-hybridized carbons (Fsp3) is 0.190. The maximum absolute atomic E-state index is 12.1. The number of fused-ring (bicyclic) bond motifs is 1. The zero-order valence-corrected chi connectivity index (χ0v) is 18.3. The van der Waals surface area contributed by atoms with Crippen molar-refractivity contribution >= 4 is 44.0 Å². The predicted octanol–water partition coefficient (Wildman–Crippen LogP) is 3.37. The molecule has 0 saturated heterocycles. The first-order valence-electron chi connectivity index (χ1n) is 9.51. The summed E-state index contributed by atoms with van der Waals surface area (Å²) in [6.45, 7) is 2.20. The van der Waals surface area contributed by atoms with Crippen LogP contribution in [-0.2, 0) is 26.2 Å². The van der Waals surface area contributed by atoms with E-state index in [1.54, 1.807) is 18.2 Å². The van der Waals surface area contributed by atoms with Gasteiger partial charge >= 0.3 is 5.97 Å². The summed E-state index contributed by atoms with van der Waals surface area (Å²) < 4.78 is 31.8. The van der Waals surface area contributed by atoms with Gasteiger partial charge in [-0.1, -0.05) is 29.8 Å². The van der Waals surface area contributed by atoms with E-state index in [9.17, 15) is 13.2 Å². The Hall–Kier alpha value is -3.24. The monoisotopic (exact) mass is 456 g/mol. The minimum atomic E-state index is -3.58. The number of aryl methyl sites for hydroxylation is 1. The SMILES string of the molecule is Cc1ccc(Nc2nc(COC(=O)CCN=C3NS(=O)(=O)c4ccccc43)cs2)cc1. The van der Waals surface area contributed by atoms with Gasteiger partial charge in [-0.25, -0.2) is 13.4 Å². The molecular formula is C21H20N4O4S2. The summed E-state index contributed by atoms with van der Waals surface area (Å²) in [5.74, 6) is -0.186. The third-order valence-electron chi connectivity index (χ3n) is 4.48. The lowest BCUT2D eigenvalue weighted by Crippen LogP contribution is -2.22. The lowest BCUT2D eigenvalue weighted by Gasteiger charge is -2.03. The molecule has 1 aliphatic heterocycles. The third-order valence-corrected chi connectivity index (χ3v) is 6.69. The highest BCUT2D eigenvalue weighted by molar-refractivity contribution is 7.90. The van der Waals surface area contributed by atoms with Crippen LogP contribution in [0.3, 0.4) is 0 Å². The first-order chi connectivity index (χ1) is 14.9. The Labute approximate surface area is 184 Å². The third kappa shape index (κ3) is 5.09. The molecule has 1 aliphatic rings. The molecule has 31 heavy (non-hydrogen) atoms. The molecule has 0 atom stereocenters. The van der Waals surface area contributed by atoms with Gasteiger partial charge in [0.05, 0.1) is 23.6 Å². The largest absolute Gasteiger partial charge is 0.459 e. The number of ether oxygens (including phenoxy) is 1. The number of aromatic nitrogens is 1.